The number of fused-ring (bicyclic) bond motifs is 2. The van der Waals surface area contributed by atoms with E-state index in [0.29, 0.717) is 17.6 Å². The van der Waals surface area contributed by atoms with Crippen LogP contribution in [0, 0.1) is 11.8 Å². The zero-order valence-electron chi connectivity index (χ0n) is 14.7. The minimum Gasteiger partial charge on any atom is -0.496 e. The molecular weight excluding hydrogens is 378 g/mol. The average molecular weight is 404 g/mol. The van der Waals surface area contributed by atoms with E-state index in [1.807, 2.05) is 0 Å². The Kier molecular flexibility index (Phi) is 6.55. The van der Waals surface area contributed by atoms with E-state index in [1.165, 1.54) is 31.7 Å². The lowest BCUT2D eigenvalue weighted by Gasteiger charge is -2.45. The lowest BCUT2D eigenvalue weighted by molar-refractivity contribution is 0.0753. The quantitative estimate of drug-likeness (QED) is 0.700. The van der Waals surface area contributed by atoms with Crippen molar-refractivity contribution in [2.45, 2.75) is 49.1 Å². The molecule has 3 rings (SSSR count). The summed E-state index contributed by atoms with van der Waals surface area (Å²) in [5.41, 5.74) is 6.31. The van der Waals surface area contributed by atoms with Crippen LogP contribution in [0.3, 0.4) is 0 Å². The van der Waals surface area contributed by atoms with Crippen molar-refractivity contribution in [1.82, 2.24) is 5.32 Å². The molecule has 2 unspecified atom stereocenters. The standard InChI is InChI=1S/C17H25N3O4S.ClH/c1-24-15-6-5-13(25(19,22)23)9-14(15)17(21)20-16-10-3-2-4-11(16)8-12(18)7-10;/h5-6,9-12,16H,2-4,7-8,18H2,1H3,(H,20,21)(H2,19,22,23);1H. The number of benzene rings is 1. The van der Waals surface area contributed by atoms with Crippen molar-refractivity contribution in [3.05, 3.63) is 23.8 Å². The van der Waals surface area contributed by atoms with Gasteiger partial charge in [0.1, 0.15) is 5.75 Å². The first-order valence-corrected chi connectivity index (χ1v) is 10.1. The summed E-state index contributed by atoms with van der Waals surface area (Å²) in [5, 5.41) is 8.28. The van der Waals surface area contributed by atoms with Crippen molar-refractivity contribution in [3.8, 4) is 5.75 Å². The number of primary sulfonamides is 1. The third-order valence-corrected chi connectivity index (χ3v) is 6.33. The van der Waals surface area contributed by atoms with E-state index in [0.717, 1.165) is 25.7 Å². The average Bonchev–Trinajstić information content (AvgIpc) is 2.54. The van der Waals surface area contributed by atoms with Gasteiger partial charge >= 0.3 is 0 Å². The van der Waals surface area contributed by atoms with Crippen LogP contribution in [0.1, 0.15) is 42.5 Å². The topological polar surface area (TPSA) is 125 Å². The van der Waals surface area contributed by atoms with Crippen LogP contribution >= 0.6 is 12.4 Å². The van der Waals surface area contributed by atoms with Gasteiger partial charge in [-0.1, -0.05) is 6.42 Å². The summed E-state index contributed by atoms with van der Waals surface area (Å²) in [6.07, 6.45) is 5.11. The molecule has 7 nitrogen and oxygen atoms in total. The zero-order valence-corrected chi connectivity index (χ0v) is 16.3. The minimum absolute atomic E-state index is 0. The van der Waals surface area contributed by atoms with Gasteiger partial charge in [0.25, 0.3) is 5.91 Å². The number of hydrogen-bond donors (Lipinski definition) is 3. The molecule has 2 saturated carbocycles. The second kappa shape index (κ2) is 8.12. The maximum atomic E-state index is 12.8. The van der Waals surface area contributed by atoms with Gasteiger partial charge in [-0.3, -0.25) is 4.79 Å². The van der Waals surface area contributed by atoms with Crippen LogP contribution in [0.4, 0.5) is 0 Å². The Balaban J connectivity index is 0.00000243. The summed E-state index contributed by atoms with van der Waals surface area (Å²) in [6, 6.07) is 4.33. The number of nitrogens with one attached hydrogen (secondary N) is 1. The molecule has 2 bridgehead atoms. The van der Waals surface area contributed by atoms with E-state index in [4.69, 9.17) is 15.6 Å². The second-order valence-corrected chi connectivity index (χ2v) is 8.65. The highest BCUT2D eigenvalue weighted by molar-refractivity contribution is 7.89. The number of rotatable bonds is 4. The number of ether oxygens (including phenoxy) is 1. The van der Waals surface area contributed by atoms with Crippen molar-refractivity contribution in [1.29, 1.82) is 0 Å². The predicted molar refractivity (Wildman–Crippen MR) is 101 cm³/mol. The number of nitrogens with two attached hydrogens (primary N) is 2. The smallest absolute Gasteiger partial charge is 0.255 e. The van der Waals surface area contributed by atoms with Crippen molar-refractivity contribution < 1.29 is 17.9 Å². The lowest BCUT2D eigenvalue weighted by Crippen LogP contribution is -2.53. The molecule has 0 aromatic heterocycles. The van der Waals surface area contributed by atoms with Gasteiger partial charge in [0.05, 0.1) is 17.6 Å². The maximum absolute atomic E-state index is 12.8. The Hall–Kier alpha value is -1.35. The Morgan fingerprint density at radius 2 is 1.85 bits per heavy atom. The lowest BCUT2D eigenvalue weighted by atomic mass is 9.67. The Morgan fingerprint density at radius 1 is 1.23 bits per heavy atom. The monoisotopic (exact) mass is 403 g/mol. The summed E-state index contributed by atoms with van der Waals surface area (Å²) < 4.78 is 28.4. The Morgan fingerprint density at radius 3 is 2.38 bits per heavy atom. The molecule has 1 aromatic rings. The summed E-state index contributed by atoms with van der Waals surface area (Å²) in [6.45, 7) is 0. The van der Waals surface area contributed by atoms with Crippen molar-refractivity contribution >= 4 is 28.3 Å². The molecule has 1 amide bonds. The fourth-order valence-electron chi connectivity index (χ4n) is 4.30. The first-order chi connectivity index (χ1) is 11.8. The van der Waals surface area contributed by atoms with Gasteiger partial charge in [-0.05, 0) is 55.7 Å². The molecule has 0 radical (unpaired) electrons. The molecule has 9 heteroatoms. The number of hydrogen-bond acceptors (Lipinski definition) is 5. The molecule has 2 fully saturated rings. The molecule has 0 spiro atoms. The molecule has 1 aromatic carbocycles. The summed E-state index contributed by atoms with van der Waals surface area (Å²) in [5.74, 6) is 0.736. The summed E-state index contributed by atoms with van der Waals surface area (Å²) in [4.78, 5) is 12.7. The van der Waals surface area contributed by atoms with Crippen LogP contribution in [0.25, 0.3) is 0 Å². The van der Waals surface area contributed by atoms with E-state index in [2.05, 4.69) is 5.32 Å². The SMILES string of the molecule is COc1ccc(S(N)(=O)=O)cc1C(=O)NC1C2CCCC1CC(N)C2.Cl. The van der Waals surface area contributed by atoms with E-state index in [9.17, 15) is 13.2 Å². The van der Waals surface area contributed by atoms with Crippen LogP contribution in [-0.2, 0) is 10.0 Å². The number of sulfonamides is 1. The molecule has 2 atom stereocenters. The van der Waals surface area contributed by atoms with Gasteiger partial charge in [0, 0.05) is 12.1 Å². The van der Waals surface area contributed by atoms with Crippen LogP contribution in [-0.4, -0.2) is 33.5 Å². The number of carbonyl (C=O) groups is 1. The number of carbonyl (C=O) groups excluding carboxylic acids is 1. The minimum atomic E-state index is -3.89. The van der Waals surface area contributed by atoms with Crippen molar-refractivity contribution in [3.63, 3.8) is 0 Å². The van der Waals surface area contributed by atoms with Gasteiger partial charge in [-0.25, -0.2) is 13.6 Å². The molecule has 0 saturated heterocycles. The number of amides is 1. The molecule has 146 valence electrons. The van der Waals surface area contributed by atoms with Crippen molar-refractivity contribution in [2.24, 2.45) is 22.7 Å². The van der Waals surface area contributed by atoms with Gasteiger partial charge in [-0.15, -0.1) is 12.4 Å². The molecule has 2 aliphatic carbocycles. The predicted octanol–water partition coefficient (Wildman–Crippen LogP) is 1.40. The zero-order chi connectivity index (χ0) is 18.2. The van der Waals surface area contributed by atoms with Gasteiger partial charge in [-0.2, -0.15) is 0 Å². The Labute approximate surface area is 160 Å². The van der Waals surface area contributed by atoms with Crippen molar-refractivity contribution in [2.75, 3.05) is 7.11 Å². The van der Waals surface area contributed by atoms with Crippen LogP contribution < -0.4 is 20.9 Å². The normalized spacial score (nSPS) is 28.0. The first kappa shape index (κ1) is 21.0. The molecule has 0 aliphatic heterocycles. The number of methoxy groups -OCH3 is 1. The number of halogens is 1. The van der Waals surface area contributed by atoms with Crippen LogP contribution in [0.5, 0.6) is 5.75 Å². The Bertz CT molecular complexity index is 757. The van der Waals surface area contributed by atoms with E-state index < -0.39 is 10.0 Å². The maximum Gasteiger partial charge on any atom is 0.255 e. The molecule has 0 heterocycles. The van der Waals surface area contributed by atoms with E-state index in [1.54, 1.807) is 0 Å². The third-order valence-electron chi connectivity index (χ3n) is 5.42. The van der Waals surface area contributed by atoms with Crippen LogP contribution in [0.2, 0.25) is 0 Å². The van der Waals surface area contributed by atoms with Crippen LogP contribution in [0.15, 0.2) is 23.1 Å². The van der Waals surface area contributed by atoms with Gasteiger partial charge in [0.2, 0.25) is 10.0 Å². The molecule has 5 N–H and O–H groups in total. The van der Waals surface area contributed by atoms with Gasteiger partial charge in [0.15, 0.2) is 0 Å². The molecular formula is C17H26ClN3O4S. The largest absolute Gasteiger partial charge is 0.496 e. The summed E-state index contributed by atoms with van der Waals surface area (Å²) in [7, 11) is -2.45. The second-order valence-electron chi connectivity index (χ2n) is 7.09. The fourth-order valence-corrected chi connectivity index (χ4v) is 4.84. The van der Waals surface area contributed by atoms with E-state index >= 15 is 0 Å². The summed E-state index contributed by atoms with van der Waals surface area (Å²) >= 11 is 0. The highest BCUT2D eigenvalue weighted by Gasteiger charge is 2.40. The highest BCUT2D eigenvalue weighted by atomic mass is 35.5. The molecule has 26 heavy (non-hydrogen) atoms. The van der Waals surface area contributed by atoms with E-state index in [-0.39, 0.29) is 40.9 Å². The highest BCUT2D eigenvalue weighted by Crippen LogP contribution is 2.40. The molecule has 2 aliphatic rings. The van der Waals surface area contributed by atoms with Gasteiger partial charge < -0.3 is 15.8 Å². The fraction of sp³-hybridized carbons (Fsp3) is 0.588. The first-order valence-electron chi connectivity index (χ1n) is 8.57. The third kappa shape index (κ3) is 4.31.